The molecule has 0 bridgehead atoms. The van der Waals surface area contributed by atoms with Gasteiger partial charge in [0.05, 0.1) is 12.2 Å². The Morgan fingerprint density at radius 1 is 1.48 bits per heavy atom. The number of aromatic nitrogens is 1. The van der Waals surface area contributed by atoms with Crippen LogP contribution in [0, 0.1) is 0 Å². The van der Waals surface area contributed by atoms with E-state index < -0.39 is 0 Å². The second kappa shape index (κ2) is 6.88. The Morgan fingerprint density at radius 3 is 2.86 bits per heavy atom. The van der Waals surface area contributed by atoms with Crippen LogP contribution in [0.1, 0.15) is 12.8 Å². The van der Waals surface area contributed by atoms with E-state index >= 15 is 0 Å². The Hall–Kier alpha value is -2.37. The maximum Gasteiger partial charge on any atom is 0.246 e. The molecule has 2 rings (SSSR count). The molecule has 2 heterocycles. The van der Waals surface area contributed by atoms with Crippen molar-refractivity contribution in [1.82, 2.24) is 9.88 Å². The van der Waals surface area contributed by atoms with Crippen molar-refractivity contribution in [3.63, 3.8) is 0 Å². The number of likely N-dealkylation sites (N-methyl/N-ethyl adjacent to an activating group) is 1. The maximum atomic E-state index is 12.0. The zero-order valence-electron chi connectivity index (χ0n) is 12.2. The van der Waals surface area contributed by atoms with Crippen LogP contribution in [0.3, 0.4) is 0 Å². The molecule has 0 radical (unpaired) electrons. The molecule has 0 aromatic carbocycles. The van der Waals surface area contributed by atoms with Crippen LogP contribution >= 0.6 is 0 Å². The molecule has 0 unspecified atom stereocenters. The van der Waals surface area contributed by atoms with Crippen LogP contribution in [0.15, 0.2) is 31.0 Å². The standard InChI is InChI=1S/C15H20N4O2/c1-3-14(21)18(2)11-13(20)17-12-7-6-8-16-15(12)19-9-4-5-10-19/h3,6-8H,1,4-5,9-11H2,2H3,(H,17,20). The van der Waals surface area contributed by atoms with E-state index in [2.05, 4.69) is 21.8 Å². The van der Waals surface area contributed by atoms with Crippen LogP contribution in [0.25, 0.3) is 0 Å². The summed E-state index contributed by atoms with van der Waals surface area (Å²) >= 11 is 0. The Balaban J connectivity index is 2.03. The summed E-state index contributed by atoms with van der Waals surface area (Å²) in [6.07, 6.45) is 5.19. The largest absolute Gasteiger partial charge is 0.355 e. The molecule has 1 N–H and O–H groups in total. The monoisotopic (exact) mass is 288 g/mol. The van der Waals surface area contributed by atoms with Gasteiger partial charge in [0, 0.05) is 26.3 Å². The highest BCUT2D eigenvalue weighted by molar-refractivity contribution is 5.98. The number of nitrogens with one attached hydrogen (secondary N) is 1. The second-order valence-corrected chi connectivity index (χ2v) is 5.02. The lowest BCUT2D eigenvalue weighted by Crippen LogP contribution is -2.34. The SMILES string of the molecule is C=CC(=O)N(C)CC(=O)Nc1cccnc1N1CCCC1. The first-order valence-electron chi connectivity index (χ1n) is 6.99. The second-order valence-electron chi connectivity index (χ2n) is 5.02. The van der Waals surface area contributed by atoms with Crippen molar-refractivity contribution in [2.75, 3.05) is 36.9 Å². The van der Waals surface area contributed by atoms with Gasteiger partial charge in [-0.05, 0) is 31.1 Å². The highest BCUT2D eigenvalue weighted by atomic mass is 16.2. The highest BCUT2D eigenvalue weighted by Gasteiger charge is 2.18. The molecule has 1 aliphatic heterocycles. The van der Waals surface area contributed by atoms with Crippen molar-refractivity contribution >= 4 is 23.3 Å². The van der Waals surface area contributed by atoms with E-state index in [1.54, 1.807) is 19.3 Å². The van der Waals surface area contributed by atoms with Crippen LogP contribution in [-0.2, 0) is 9.59 Å². The Kier molecular flexibility index (Phi) is 4.92. The predicted molar refractivity (Wildman–Crippen MR) is 82.1 cm³/mol. The summed E-state index contributed by atoms with van der Waals surface area (Å²) in [7, 11) is 1.56. The summed E-state index contributed by atoms with van der Waals surface area (Å²) in [5.74, 6) is 0.262. The first-order chi connectivity index (χ1) is 10.1. The van der Waals surface area contributed by atoms with E-state index in [1.165, 1.54) is 11.0 Å². The van der Waals surface area contributed by atoms with Crippen molar-refractivity contribution in [2.45, 2.75) is 12.8 Å². The lowest BCUT2D eigenvalue weighted by atomic mass is 10.3. The molecule has 6 heteroatoms. The van der Waals surface area contributed by atoms with Gasteiger partial charge in [0.25, 0.3) is 0 Å². The van der Waals surface area contributed by atoms with Gasteiger partial charge in [-0.25, -0.2) is 4.98 Å². The highest BCUT2D eigenvalue weighted by Crippen LogP contribution is 2.25. The van der Waals surface area contributed by atoms with E-state index in [9.17, 15) is 9.59 Å². The lowest BCUT2D eigenvalue weighted by Gasteiger charge is -2.21. The molecule has 0 aliphatic carbocycles. The van der Waals surface area contributed by atoms with Crippen LogP contribution in [0.2, 0.25) is 0 Å². The Bertz CT molecular complexity index is 538. The van der Waals surface area contributed by atoms with E-state index in [0.717, 1.165) is 31.7 Å². The third-order valence-electron chi connectivity index (χ3n) is 3.40. The fourth-order valence-electron chi connectivity index (χ4n) is 2.31. The quantitative estimate of drug-likeness (QED) is 0.829. The average molecular weight is 288 g/mol. The van der Waals surface area contributed by atoms with Gasteiger partial charge >= 0.3 is 0 Å². The number of rotatable bonds is 5. The molecule has 0 spiro atoms. The zero-order chi connectivity index (χ0) is 15.2. The topological polar surface area (TPSA) is 65.5 Å². The number of carbonyl (C=O) groups is 2. The number of carbonyl (C=O) groups excluding carboxylic acids is 2. The molecule has 0 atom stereocenters. The molecule has 1 aromatic rings. The van der Waals surface area contributed by atoms with E-state index in [4.69, 9.17) is 0 Å². The van der Waals surface area contributed by atoms with Crippen molar-refractivity contribution < 1.29 is 9.59 Å². The van der Waals surface area contributed by atoms with Crippen molar-refractivity contribution in [2.24, 2.45) is 0 Å². The molecule has 6 nitrogen and oxygen atoms in total. The summed E-state index contributed by atoms with van der Waals surface area (Å²) < 4.78 is 0. The smallest absolute Gasteiger partial charge is 0.246 e. The van der Waals surface area contributed by atoms with Gasteiger partial charge in [-0.3, -0.25) is 9.59 Å². The summed E-state index contributed by atoms with van der Waals surface area (Å²) in [6.45, 7) is 5.29. The van der Waals surface area contributed by atoms with E-state index in [-0.39, 0.29) is 18.4 Å². The zero-order valence-corrected chi connectivity index (χ0v) is 12.2. The minimum absolute atomic E-state index is 0.0147. The van der Waals surface area contributed by atoms with Crippen LogP contribution in [-0.4, -0.2) is 48.4 Å². The van der Waals surface area contributed by atoms with Crippen molar-refractivity contribution in [3.05, 3.63) is 31.0 Å². The molecule has 21 heavy (non-hydrogen) atoms. The van der Waals surface area contributed by atoms with Crippen molar-refractivity contribution in [3.8, 4) is 0 Å². The number of amides is 2. The van der Waals surface area contributed by atoms with Gasteiger partial charge in [-0.15, -0.1) is 0 Å². The molecule has 1 saturated heterocycles. The van der Waals surface area contributed by atoms with Gasteiger partial charge in [0.15, 0.2) is 5.82 Å². The fraction of sp³-hybridized carbons (Fsp3) is 0.400. The molecule has 0 saturated carbocycles. The maximum absolute atomic E-state index is 12.0. The van der Waals surface area contributed by atoms with Crippen LogP contribution in [0.5, 0.6) is 0 Å². The number of anilines is 2. The first kappa shape index (κ1) is 15.0. The lowest BCUT2D eigenvalue weighted by molar-refractivity contribution is -0.129. The first-order valence-corrected chi connectivity index (χ1v) is 6.99. The van der Waals surface area contributed by atoms with Crippen LogP contribution in [0.4, 0.5) is 11.5 Å². The summed E-state index contributed by atoms with van der Waals surface area (Å²) in [6, 6.07) is 3.61. The molecule has 112 valence electrons. The van der Waals surface area contributed by atoms with Gasteiger partial charge < -0.3 is 15.1 Å². The molecule has 1 aromatic heterocycles. The van der Waals surface area contributed by atoms with Gasteiger partial charge in [-0.1, -0.05) is 6.58 Å². The van der Waals surface area contributed by atoms with Gasteiger partial charge in [0.2, 0.25) is 11.8 Å². The molecule has 1 fully saturated rings. The predicted octanol–water partition coefficient (Wildman–Crippen LogP) is 1.26. The van der Waals surface area contributed by atoms with E-state index in [1.807, 2.05) is 6.07 Å². The Morgan fingerprint density at radius 2 is 2.19 bits per heavy atom. The minimum atomic E-state index is -0.281. The fourth-order valence-corrected chi connectivity index (χ4v) is 2.31. The molecular formula is C15H20N4O2. The summed E-state index contributed by atoms with van der Waals surface area (Å²) in [5.41, 5.74) is 0.684. The van der Waals surface area contributed by atoms with Crippen molar-refractivity contribution in [1.29, 1.82) is 0 Å². The molecule has 2 amide bonds. The van der Waals surface area contributed by atoms with Gasteiger partial charge in [0.1, 0.15) is 0 Å². The number of hydrogen-bond acceptors (Lipinski definition) is 4. The third kappa shape index (κ3) is 3.81. The number of pyridine rings is 1. The van der Waals surface area contributed by atoms with E-state index in [0.29, 0.717) is 5.69 Å². The average Bonchev–Trinajstić information content (AvgIpc) is 3.00. The molecular weight excluding hydrogens is 268 g/mol. The number of hydrogen-bond donors (Lipinski definition) is 1. The third-order valence-corrected chi connectivity index (χ3v) is 3.40. The molecule has 1 aliphatic rings. The summed E-state index contributed by atoms with van der Waals surface area (Å²) in [4.78, 5) is 31.2. The number of nitrogens with zero attached hydrogens (tertiary/aromatic N) is 3. The minimum Gasteiger partial charge on any atom is -0.355 e. The Labute approximate surface area is 124 Å². The van der Waals surface area contributed by atoms with Crippen LogP contribution < -0.4 is 10.2 Å². The van der Waals surface area contributed by atoms with Gasteiger partial charge in [-0.2, -0.15) is 0 Å². The summed E-state index contributed by atoms with van der Waals surface area (Å²) in [5, 5.41) is 2.83. The normalized spacial score (nSPS) is 13.9.